The number of likely N-dealkylation sites (tertiary alicyclic amines) is 1. The van der Waals surface area contributed by atoms with Crippen molar-refractivity contribution in [2.24, 2.45) is 0 Å². The molecular formula is C14H19FN2O2. The van der Waals surface area contributed by atoms with Crippen molar-refractivity contribution in [1.82, 2.24) is 10.2 Å². The van der Waals surface area contributed by atoms with Gasteiger partial charge in [0.25, 0.3) is 5.91 Å². The van der Waals surface area contributed by atoms with E-state index in [1.165, 1.54) is 25.3 Å². The number of methoxy groups -OCH3 is 1. The summed E-state index contributed by atoms with van der Waals surface area (Å²) in [5, 5.41) is 2.89. The van der Waals surface area contributed by atoms with E-state index in [2.05, 4.69) is 17.3 Å². The van der Waals surface area contributed by atoms with E-state index < -0.39 is 5.82 Å². The Morgan fingerprint density at radius 2 is 2.11 bits per heavy atom. The van der Waals surface area contributed by atoms with Gasteiger partial charge in [0.1, 0.15) is 11.6 Å². The van der Waals surface area contributed by atoms with Gasteiger partial charge in [-0.05, 0) is 51.2 Å². The van der Waals surface area contributed by atoms with Gasteiger partial charge in [0.05, 0.1) is 12.7 Å². The molecule has 1 fully saturated rings. The van der Waals surface area contributed by atoms with E-state index in [1.807, 2.05) is 0 Å². The lowest BCUT2D eigenvalue weighted by Crippen LogP contribution is -2.43. The minimum Gasteiger partial charge on any atom is -0.497 e. The molecule has 1 aliphatic heterocycles. The third-order valence-electron chi connectivity index (χ3n) is 3.47. The van der Waals surface area contributed by atoms with Gasteiger partial charge in [0.15, 0.2) is 0 Å². The number of halogens is 1. The van der Waals surface area contributed by atoms with Gasteiger partial charge in [-0.25, -0.2) is 4.39 Å². The lowest BCUT2D eigenvalue weighted by molar-refractivity contribution is 0.0912. The number of rotatable bonds is 3. The monoisotopic (exact) mass is 266 g/mol. The molecule has 0 spiro atoms. The van der Waals surface area contributed by atoms with Gasteiger partial charge < -0.3 is 15.0 Å². The van der Waals surface area contributed by atoms with Gasteiger partial charge in [-0.1, -0.05) is 0 Å². The van der Waals surface area contributed by atoms with E-state index in [9.17, 15) is 9.18 Å². The maximum atomic E-state index is 13.6. The summed E-state index contributed by atoms with van der Waals surface area (Å²) in [6.07, 6.45) is 1.79. The van der Waals surface area contributed by atoms with Crippen LogP contribution in [0.3, 0.4) is 0 Å². The molecule has 4 nitrogen and oxygen atoms in total. The standard InChI is InChI=1S/C14H19FN2O2/c1-17-7-5-10(6-8-17)16-14(18)12-9-11(19-2)3-4-13(12)15/h3-4,9-10H,5-8H2,1-2H3,(H,16,18). The lowest BCUT2D eigenvalue weighted by atomic mass is 10.0. The van der Waals surface area contributed by atoms with Gasteiger partial charge in [-0.2, -0.15) is 0 Å². The van der Waals surface area contributed by atoms with Crippen molar-refractivity contribution in [2.45, 2.75) is 18.9 Å². The molecule has 0 bridgehead atoms. The third kappa shape index (κ3) is 3.44. The quantitative estimate of drug-likeness (QED) is 0.904. The molecule has 0 unspecified atom stereocenters. The molecular weight excluding hydrogens is 247 g/mol. The van der Waals surface area contributed by atoms with E-state index >= 15 is 0 Å². The predicted molar refractivity (Wildman–Crippen MR) is 70.9 cm³/mol. The molecule has 1 amide bonds. The van der Waals surface area contributed by atoms with Crippen molar-refractivity contribution < 1.29 is 13.9 Å². The van der Waals surface area contributed by atoms with E-state index in [0.29, 0.717) is 5.75 Å². The second-order valence-electron chi connectivity index (χ2n) is 4.90. The Labute approximate surface area is 112 Å². The molecule has 1 aliphatic rings. The molecule has 1 aromatic carbocycles. The van der Waals surface area contributed by atoms with Crippen molar-refractivity contribution in [2.75, 3.05) is 27.2 Å². The SMILES string of the molecule is COc1ccc(F)c(C(=O)NC2CCN(C)CC2)c1. The average molecular weight is 266 g/mol. The summed E-state index contributed by atoms with van der Waals surface area (Å²) >= 11 is 0. The Kier molecular flexibility index (Phi) is 4.37. The highest BCUT2D eigenvalue weighted by molar-refractivity contribution is 5.95. The van der Waals surface area contributed by atoms with Crippen LogP contribution >= 0.6 is 0 Å². The van der Waals surface area contributed by atoms with Crippen LogP contribution < -0.4 is 10.1 Å². The van der Waals surface area contributed by atoms with Crippen molar-refractivity contribution in [3.8, 4) is 5.75 Å². The number of piperidine rings is 1. The van der Waals surface area contributed by atoms with Gasteiger partial charge in [0.2, 0.25) is 0 Å². The van der Waals surface area contributed by atoms with E-state index in [-0.39, 0.29) is 17.5 Å². The molecule has 0 aromatic heterocycles. The van der Waals surface area contributed by atoms with Crippen LogP contribution in [0.1, 0.15) is 23.2 Å². The summed E-state index contributed by atoms with van der Waals surface area (Å²) in [5.41, 5.74) is 0.0401. The first-order valence-corrected chi connectivity index (χ1v) is 6.43. The first-order valence-electron chi connectivity index (χ1n) is 6.43. The predicted octanol–water partition coefficient (Wildman–Crippen LogP) is 1.66. The van der Waals surface area contributed by atoms with Crippen LogP contribution in [0.2, 0.25) is 0 Å². The molecule has 2 rings (SSSR count). The Bertz CT molecular complexity index is 457. The van der Waals surface area contributed by atoms with Crippen molar-refractivity contribution >= 4 is 5.91 Å². The van der Waals surface area contributed by atoms with Gasteiger partial charge in [-0.15, -0.1) is 0 Å². The van der Waals surface area contributed by atoms with Crippen LogP contribution in [0.4, 0.5) is 4.39 Å². The van der Waals surface area contributed by atoms with E-state index in [4.69, 9.17) is 4.74 Å². The maximum Gasteiger partial charge on any atom is 0.254 e. The molecule has 0 aliphatic carbocycles. The topological polar surface area (TPSA) is 41.6 Å². The Balaban J connectivity index is 2.03. The second-order valence-corrected chi connectivity index (χ2v) is 4.90. The van der Waals surface area contributed by atoms with Gasteiger partial charge >= 0.3 is 0 Å². The number of carbonyl (C=O) groups excluding carboxylic acids is 1. The Morgan fingerprint density at radius 1 is 1.42 bits per heavy atom. The summed E-state index contributed by atoms with van der Waals surface area (Å²) in [7, 11) is 3.55. The number of amides is 1. The molecule has 0 saturated carbocycles. The van der Waals surface area contributed by atoms with E-state index in [1.54, 1.807) is 0 Å². The number of hydrogen-bond donors (Lipinski definition) is 1. The van der Waals surface area contributed by atoms with Gasteiger partial charge in [0, 0.05) is 6.04 Å². The summed E-state index contributed by atoms with van der Waals surface area (Å²) in [6.45, 7) is 1.90. The minimum absolute atomic E-state index is 0.0401. The fraction of sp³-hybridized carbons (Fsp3) is 0.500. The molecule has 5 heteroatoms. The molecule has 1 saturated heterocycles. The maximum absolute atomic E-state index is 13.6. The average Bonchev–Trinajstić information content (AvgIpc) is 2.42. The third-order valence-corrected chi connectivity index (χ3v) is 3.47. The first kappa shape index (κ1) is 13.8. The highest BCUT2D eigenvalue weighted by Crippen LogP contribution is 2.17. The highest BCUT2D eigenvalue weighted by Gasteiger charge is 2.20. The van der Waals surface area contributed by atoms with Crippen LogP contribution in [-0.2, 0) is 0 Å². The molecule has 1 heterocycles. The minimum atomic E-state index is -0.522. The summed E-state index contributed by atoms with van der Waals surface area (Å²) in [5.74, 6) is -0.410. The number of ether oxygens (including phenoxy) is 1. The van der Waals surface area contributed by atoms with Crippen molar-refractivity contribution in [3.05, 3.63) is 29.6 Å². The first-order chi connectivity index (χ1) is 9.10. The Hall–Kier alpha value is -1.62. The summed E-state index contributed by atoms with van der Waals surface area (Å²) in [6, 6.07) is 4.30. The molecule has 104 valence electrons. The van der Waals surface area contributed by atoms with Crippen LogP contribution in [-0.4, -0.2) is 44.1 Å². The molecule has 1 aromatic rings. The molecule has 1 N–H and O–H groups in total. The smallest absolute Gasteiger partial charge is 0.254 e. The van der Waals surface area contributed by atoms with E-state index in [0.717, 1.165) is 25.9 Å². The summed E-state index contributed by atoms with van der Waals surface area (Å²) < 4.78 is 18.7. The van der Waals surface area contributed by atoms with Crippen LogP contribution in [0.5, 0.6) is 5.75 Å². The normalized spacial score (nSPS) is 17.2. The molecule has 0 radical (unpaired) electrons. The zero-order chi connectivity index (χ0) is 13.8. The largest absolute Gasteiger partial charge is 0.497 e. The molecule has 0 atom stereocenters. The Morgan fingerprint density at radius 3 is 2.74 bits per heavy atom. The number of carbonyl (C=O) groups is 1. The fourth-order valence-electron chi connectivity index (χ4n) is 2.22. The number of benzene rings is 1. The van der Waals surface area contributed by atoms with Crippen LogP contribution in [0, 0.1) is 5.82 Å². The van der Waals surface area contributed by atoms with Gasteiger partial charge in [-0.3, -0.25) is 4.79 Å². The zero-order valence-electron chi connectivity index (χ0n) is 11.3. The zero-order valence-corrected chi connectivity index (χ0v) is 11.3. The van der Waals surface area contributed by atoms with Crippen LogP contribution in [0.15, 0.2) is 18.2 Å². The number of nitrogens with zero attached hydrogens (tertiary/aromatic N) is 1. The van der Waals surface area contributed by atoms with Crippen LogP contribution in [0.25, 0.3) is 0 Å². The fourth-order valence-corrected chi connectivity index (χ4v) is 2.22. The van der Waals surface area contributed by atoms with Crippen molar-refractivity contribution in [3.63, 3.8) is 0 Å². The van der Waals surface area contributed by atoms with Crippen molar-refractivity contribution in [1.29, 1.82) is 0 Å². The summed E-state index contributed by atoms with van der Waals surface area (Å²) in [4.78, 5) is 14.3. The molecule has 19 heavy (non-hydrogen) atoms. The number of hydrogen-bond acceptors (Lipinski definition) is 3. The highest BCUT2D eigenvalue weighted by atomic mass is 19.1. The number of nitrogens with one attached hydrogen (secondary N) is 1. The second kappa shape index (κ2) is 6.02. The lowest BCUT2D eigenvalue weighted by Gasteiger charge is -2.29.